The standard InChI is InChI=1S/C13H14N2O2/c1-15-10-5-6-14-7-9(10)13(17)8-3-2-4-11(16)12(8)15/h2-4,14,16H,5-7H2,1H3. The fraction of sp³-hybridized carbons (Fsp3) is 0.308. The van der Waals surface area contributed by atoms with Crippen molar-refractivity contribution in [1.29, 1.82) is 0 Å². The highest BCUT2D eigenvalue weighted by Gasteiger charge is 2.18. The summed E-state index contributed by atoms with van der Waals surface area (Å²) in [4.78, 5) is 12.3. The number of nitrogens with zero attached hydrogens (tertiary/aromatic N) is 1. The number of aromatic hydroxyl groups is 1. The zero-order chi connectivity index (χ0) is 12.0. The molecule has 1 aliphatic heterocycles. The van der Waals surface area contributed by atoms with E-state index in [1.165, 1.54) is 0 Å². The molecule has 2 aromatic rings. The van der Waals surface area contributed by atoms with Crippen LogP contribution in [0.5, 0.6) is 5.75 Å². The lowest BCUT2D eigenvalue weighted by atomic mass is 10.0. The van der Waals surface area contributed by atoms with E-state index in [9.17, 15) is 9.90 Å². The van der Waals surface area contributed by atoms with Crippen LogP contribution in [0.25, 0.3) is 10.9 Å². The normalized spacial score (nSPS) is 14.9. The maximum absolute atomic E-state index is 12.3. The molecule has 17 heavy (non-hydrogen) atoms. The third-order valence-corrected chi connectivity index (χ3v) is 3.46. The van der Waals surface area contributed by atoms with E-state index in [0.717, 1.165) is 24.2 Å². The van der Waals surface area contributed by atoms with Crippen molar-refractivity contribution < 1.29 is 5.11 Å². The Morgan fingerprint density at radius 3 is 3.06 bits per heavy atom. The summed E-state index contributed by atoms with van der Waals surface area (Å²) in [6.07, 6.45) is 0.825. The molecule has 0 spiro atoms. The molecule has 0 unspecified atom stereocenters. The fourth-order valence-electron chi connectivity index (χ4n) is 2.62. The average Bonchev–Trinajstić information content (AvgIpc) is 2.36. The Balaban J connectivity index is 2.52. The van der Waals surface area contributed by atoms with Gasteiger partial charge in [0.2, 0.25) is 0 Å². The molecule has 0 bridgehead atoms. The molecule has 1 aromatic heterocycles. The molecule has 0 saturated heterocycles. The number of phenolic OH excluding ortho intramolecular Hbond substituents is 1. The minimum Gasteiger partial charge on any atom is -0.506 e. The molecule has 1 aromatic carbocycles. The number of para-hydroxylation sites is 1. The number of aryl methyl sites for hydroxylation is 1. The molecule has 2 N–H and O–H groups in total. The second-order valence-electron chi connectivity index (χ2n) is 4.41. The van der Waals surface area contributed by atoms with Crippen molar-refractivity contribution >= 4 is 10.9 Å². The largest absolute Gasteiger partial charge is 0.506 e. The maximum atomic E-state index is 12.3. The van der Waals surface area contributed by atoms with Crippen molar-refractivity contribution in [3.8, 4) is 5.75 Å². The van der Waals surface area contributed by atoms with Gasteiger partial charge < -0.3 is 15.0 Å². The van der Waals surface area contributed by atoms with Gasteiger partial charge in [-0.15, -0.1) is 0 Å². The van der Waals surface area contributed by atoms with Gasteiger partial charge in [-0.2, -0.15) is 0 Å². The second kappa shape index (κ2) is 3.60. The number of rotatable bonds is 0. The number of hydrogen-bond acceptors (Lipinski definition) is 3. The maximum Gasteiger partial charge on any atom is 0.194 e. The summed E-state index contributed by atoms with van der Waals surface area (Å²) in [5, 5.41) is 13.7. The van der Waals surface area contributed by atoms with Crippen molar-refractivity contribution in [2.45, 2.75) is 13.0 Å². The van der Waals surface area contributed by atoms with Gasteiger partial charge in [-0.1, -0.05) is 6.07 Å². The Labute approximate surface area is 98.5 Å². The van der Waals surface area contributed by atoms with Crippen molar-refractivity contribution in [3.05, 3.63) is 39.7 Å². The predicted molar refractivity (Wildman–Crippen MR) is 66.3 cm³/mol. The van der Waals surface area contributed by atoms with E-state index in [1.54, 1.807) is 18.2 Å². The Morgan fingerprint density at radius 1 is 1.41 bits per heavy atom. The summed E-state index contributed by atoms with van der Waals surface area (Å²) in [5.74, 6) is 0.170. The number of pyridine rings is 1. The van der Waals surface area contributed by atoms with Crippen LogP contribution in [0.2, 0.25) is 0 Å². The molecule has 0 atom stereocenters. The van der Waals surface area contributed by atoms with E-state index in [4.69, 9.17) is 0 Å². The first kappa shape index (κ1) is 10.4. The van der Waals surface area contributed by atoms with Crippen molar-refractivity contribution in [2.24, 2.45) is 7.05 Å². The molecule has 88 valence electrons. The topological polar surface area (TPSA) is 54.3 Å². The quantitative estimate of drug-likeness (QED) is 0.706. The van der Waals surface area contributed by atoms with Crippen LogP contribution in [-0.4, -0.2) is 16.2 Å². The minimum absolute atomic E-state index is 0.0381. The molecule has 0 aliphatic carbocycles. The molecule has 0 radical (unpaired) electrons. The van der Waals surface area contributed by atoms with Gasteiger partial charge in [0.15, 0.2) is 5.43 Å². The highest BCUT2D eigenvalue weighted by molar-refractivity contribution is 5.85. The number of fused-ring (bicyclic) bond motifs is 2. The fourth-order valence-corrected chi connectivity index (χ4v) is 2.62. The summed E-state index contributed by atoms with van der Waals surface area (Å²) < 4.78 is 1.95. The zero-order valence-corrected chi connectivity index (χ0v) is 9.66. The first-order valence-electron chi connectivity index (χ1n) is 5.73. The van der Waals surface area contributed by atoms with Gasteiger partial charge in [-0.25, -0.2) is 0 Å². The number of hydrogen-bond donors (Lipinski definition) is 2. The van der Waals surface area contributed by atoms with Crippen molar-refractivity contribution in [3.63, 3.8) is 0 Å². The van der Waals surface area contributed by atoms with Gasteiger partial charge in [-0.05, 0) is 12.1 Å². The van der Waals surface area contributed by atoms with Crippen molar-refractivity contribution in [1.82, 2.24) is 9.88 Å². The Morgan fingerprint density at radius 2 is 2.24 bits per heavy atom. The number of nitrogens with one attached hydrogen (secondary N) is 1. The van der Waals surface area contributed by atoms with E-state index >= 15 is 0 Å². The van der Waals surface area contributed by atoms with Crippen LogP contribution in [0.3, 0.4) is 0 Å². The van der Waals surface area contributed by atoms with Crippen LogP contribution in [0.1, 0.15) is 11.3 Å². The highest BCUT2D eigenvalue weighted by atomic mass is 16.3. The van der Waals surface area contributed by atoms with Gasteiger partial charge in [0.1, 0.15) is 5.75 Å². The monoisotopic (exact) mass is 230 g/mol. The summed E-state index contributed by atoms with van der Waals surface area (Å²) in [6.45, 7) is 1.49. The molecule has 2 heterocycles. The third kappa shape index (κ3) is 1.37. The van der Waals surface area contributed by atoms with E-state index < -0.39 is 0 Å². The Hall–Kier alpha value is -1.81. The van der Waals surface area contributed by atoms with Crippen LogP contribution < -0.4 is 10.7 Å². The first-order valence-corrected chi connectivity index (χ1v) is 5.73. The van der Waals surface area contributed by atoms with Crippen molar-refractivity contribution in [2.75, 3.05) is 6.54 Å². The van der Waals surface area contributed by atoms with Crippen LogP contribution in [0.4, 0.5) is 0 Å². The molecule has 4 nitrogen and oxygen atoms in total. The van der Waals surface area contributed by atoms with E-state index in [2.05, 4.69) is 5.32 Å². The first-order chi connectivity index (χ1) is 8.20. The van der Waals surface area contributed by atoms with Gasteiger partial charge in [-0.3, -0.25) is 4.79 Å². The summed E-state index contributed by atoms with van der Waals surface area (Å²) in [6, 6.07) is 5.10. The molecule has 4 heteroatoms. The number of benzene rings is 1. The highest BCUT2D eigenvalue weighted by Crippen LogP contribution is 2.24. The number of phenols is 1. The minimum atomic E-state index is 0.0381. The van der Waals surface area contributed by atoms with Crippen LogP contribution in [0, 0.1) is 0 Å². The lowest BCUT2D eigenvalue weighted by Crippen LogP contribution is -2.32. The van der Waals surface area contributed by atoms with Crippen LogP contribution in [-0.2, 0) is 20.0 Å². The molecule has 1 aliphatic rings. The Bertz CT molecular complexity index is 658. The van der Waals surface area contributed by atoms with E-state index in [0.29, 0.717) is 17.4 Å². The molecular formula is C13H14N2O2. The predicted octanol–water partition coefficient (Wildman–Crippen LogP) is 0.890. The van der Waals surface area contributed by atoms with Crippen LogP contribution in [0.15, 0.2) is 23.0 Å². The molecular weight excluding hydrogens is 216 g/mol. The molecule has 0 fully saturated rings. The smallest absolute Gasteiger partial charge is 0.194 e. The SMILES string of the molecule is Cn1c2c(c(=O)c3cccc(O)c31)CNCC2. The van der Waals surface area contributed by atoms with Gasteiger partial charge in [0.25, 0.3) is 0 Å². The van der Waals surface area contributed by atoms with E-state index in [1.807, 2.05) is 11.6 Å². The summed E-state index contributed by atoms with van der Waals surface area (Å²) in [7, 11) is 1.91. The van der Waals surface area contributed by atoms with Gasteiger partial charge >= 0.3 is 0 Å². The molecule has 0 saturated carbocycles. The second-order valence-corrected chi connectivity index (χ2v) is 4.41. The van der Waals surface area contributed by atoms with E-state index in [-0.39, 0.29) is 11.2 Å². The average molecular weight is 230 g/mol. The molecule has 3 rings (SSSR count). The lowest BCUT2D eigenvalue weighted by Gasteiger charge is -2.22. The Kier molecular flexibility index (Phi) is 2.19. The van der Waals surface area contributed by atoms with Gasteiger partial charge in [0.05, 0.1) is 5.52 Å². The lowest BCUT2D eigenvalue weighted by molar-refractivity contribution is 0.477. The third-order valence-electron chi connectivity index (χ3n) is 3.46. The number of aromatic nitrogens is 1. The molecule has 0 amide bonds. The summed E-state index contributed by atoms with van der Waals surface area (Å²) in [5.41, 5.74) is 2.54. The zero-order valence-electron chi connectivity index (χ0n) is 9.66. The van der Waals surface area contributed by atoms with Gasteiger partial charge in [0, 0.05) is 43.2 Å². The van der Waals surface area contributed by atoms with Crippen LogP contribution >= 0.6 is 0 Å². The summed E-state index contributed by atoms with van der Waals surface area (Å²) >= 11 is 0.